The number of hydrogen-bond donors (Lipinski definition) is 0. The van der Waals surface area contributed by atoms with E-state index >= 15 is 0 Å². The summed E-state index contributed by atoms with van der Waals surface area (Å²) in [5.41, 5.74) is -0.179. The molecule has 0 saturated carbocycles. The number of amides is 1. The Morgan fingerprint density at radius 3 is 2.36 bits per heavy atom. The number of rotatable bonds is 6. The van der Waals surface area contributed by atoms with Gasteiger partial charge >= 0.3 is 0 Å². The highest BCUT2D eigenvalue weighted by atomic mass is 32.2. The molecule has 1 atom stereocenters. The van der Waals surface area contributed by atoms with Gasteiger partial charge in [0.1, 0.15) is 0 Å². The fraction of sp³-hybridized carbons (Fsp3) is 0.929. The van der Waals surface area contributed by atoms with E-state index in [2.05, 4.69) is 0 Å². The average Bonchev–Trinajstić information content (AvgIpc) is 2.70. The van der Waals surface area contributed by atoms with Gasteiger partial charge in [0.2, 0.25) is 15.9 Å². The van der Waals surface area contributed by atoms with Crippen LogP contribution in [0.15, 0.2) is 0 Å². The van der Waals surface area contributed by atoms with Gasteiger partial charge in [0.15, 0.2) is 0 Å². The van der Waals surface area contributed by atoms with Crippen LogP contribution in [-0.2, 0) is 24.3 Å². The lowest BCUT2D eigenvalue weighted by Gasteiger charge is -2.40. The molecule has 1 amide bonds. The summed E-state index contributed by atoms with van der Waals surface area (Å²) in [7, 11) is 0.0607. The Balaban J connectivity index is 2.12. The largest absolute Gasteiger partial charge is 0.384 e. The molecular weight excluding hydrogens is 308 g/mol. The Hall–Kier alpha value is -0.700. The van der Waals surface area contributed by atoms with E-state index in [1.54, 1.807) is 14.2 Å². The van der Waals surface area contributed by atoms with Gasteiger partial charge in [-0.25, -0.2) is 12.7 Å². The number of carbonyl (C=O) groups excluding carboxylic acids is 1. The van der Waals surface area contributed by atoms with Crippen LogP contribution in [0, 0.1) is 11.3 Å². The molecule has 128 valence electrons. The Bertz CT molecular complexity index is 499. The second kappa shape index (κ2) is 6.82. The Morgan fingerprint density at radius 1 is 1.23 bits per heavy atom. The van der Waals surface area contributed by atoms with Crippen molar-refractivity contribution in [2.24, 2.45) is 11.3 Å². The first-order valence-corrected chi connectivity index (χ1v) is 9.41. The van der Waals surface area contributed by atoms with Gasteiger partial charge in [0.05, 0.1) is 25.4 Å². The molecule has 1 spiro atoms. The lowest BCUT2D eigenvalue weighted by Crippen LogP contribution is -2.47. The highest BCUT2D eigenvalue weighted by molar-refractivity contribution is 7.88. The molecule has 2 aliphatic heterocycles. The number of piperidine rings is 1. The number of hydrogen-bond acceptors (Lipinski definition) is 5. The molecule has 22 heavy (non-hydrogen) atoms. The quantitative estimate of drug-likeness (QED) is 0.671. The number of methoxy groups -OCH3 is 2. The summed E-state index contributed by atoms with van der Waals surface area (Å²) >= 11 is 0. The first kappa shape index (κ1) is 17.7. The summed E-state index contributed by atoms with van der Waals surface area (Å²) in [5, 5.41) is 0. The number of sulfonamides is 1. The van der Waals surface area contributed by atoms with Crippen LogP contribution in [-0.4, -0.2) is 83.4 Å². The second-order valence-electron chi connectivity index (χ2n) is 6.28. The lowest BCUT2D eigenvalue weighted by molar-refractivity contribution is -0.134. The molecule has 0 aromatic heterocycles. The average molecular weight is 334 g/mol. The van der Waals surface area contributed by atoms with Crippen LogP contribution in [0.3, 0.4) is 0 Å². The molecule has 0 N–H and O–H groups in total. The number of carbonyl (C=O) groups is 1. The fourth-order valence-corrected chi connectivity index (χ4v) is 4.47. The molecule has 0 bridgehead atoms. The zero-order chi connectivity index (χ0) is 16.4. The summed E-state index contributed by atoms with van der Waals surface area (Å²) in [6.07, 6.45) is 2.63. The van der Waals surface area contributed by atoms with Crippen molar-refractivity contribution in [3.05, 3.63) is 0 Å². The Morgan fingerprint density at radius 2 is 1.86 bits per heavy atom. The van der Waals surface area contributed by atoms with Gasteiger partial charge in [0, 0.05) is 45.8 Å². The van der Waals surface area contributed by atoms with Crippen molar-refractivity contribution in [2.75, 3.05) is 59.9 Å². The summed E-state index contributed by atoms with van der Waals surface area (Å²) < 4.78 is 35.2. The Kier molecular flexibility index (Phi) is 5.47. The third-order valence-corrected chi connectivity index (χ3v) is 6.24. The van der Waals surface area contributed by atoms with E-state index in [0.29, 0.717) is 52.2 Å². The van der Waals surface area contributed by atoms with Crippen LogP contribution in [0.25, 0.3) is 0 Å². The molecule has 2 aliphatic rings. The van der Waals surface area contributed by atoms with Gasteiger partial charge in [-0.1, -0.05) is 0 Å². The molecule has 1 unspecified atom stereocenters. The first-order valence-electron chi connectivity index (χ1n) is 7.56. The molecule has 0 aliphatic carbocycles. The predicted molar refractivity (Wildman–Crippen MR) is 81.9 cm³/mol. The van der Waals surface area contributed by atoms with Crippen molar-refractivity contribution in [2.45, 2.75) is 12.8 Å². The Labute approximate surface area is 132 Å². The van der Waals surface area contributed by atoms with E-state index in [1.165, 1.54) is 10.6 Å². The zero-order valence-electron chi connectivity index (χ0n) is 13.6. The van der Waals surface area contributed by atoms with Crippen LogP contribution in [0.5, 0.6) is 0 Å². The van der Waals surface area contributed by atoms with Gasteiger partial charge in [-0.15, -0.1) is 0 Å². The van der Waals surface area contributed by atoms with Crippen LogP contribution in [0.2, 0.25) is 0 Å². The summed E-state index contributed by atoms with van der Waals surface area (Å²) in [6, 6.07) is 0. The maximum Gasteiger partial charge on any atom is 0.228 e. The summed E-state index contributed by atoms with van der Waals surface area (Å²) in [4.78, 5) is 14.4. The highest BCUT2D eigenvalue weighted by Crippen LogP contribution is 2.45. The van der Waals surface area contributed by atoms with Gasteiger partial charge in [-0.2, -0.15) is 0 Å². The standard InChI is InChI=1S/C14H26N2O5S/c1-20-9-8-15-11-14(12(10-21-2)13(15)17)4-6-16(7-5-14)22(3,18)19/h12H,4-11H2,1-3H3. The van der Waals surface area contributed by atoms with Crippen molar-refractivity contribution in [3.63, 3.8) is 0 Å². The van der Waals surface area contributed by atoms with Crippen LogP contribution >= 0.6 is 0 Å². The van der Waals surface area contributed by atoms with E-state index in [-0.39, 0.29) is 17.2 Å². The van der Waals surface area contributed by atoms with E-state index in [9.17, 15) is 13.2 Å². The third-order valence-electron chi connectivity index (χ3n) is 4.94. The van der Waals surface area contributed by atoms with Crippen molar-refractivity contribution >= 4 is 15.9 Å². The van der Waals surface area contributed by atoms with Crippen molar-refractivity contribution < 1.29 is 22.7 Å². The zero-order valence-corrected chi connectivity index (χ0v) is 14.4. The predicted octanol–water partition coefficient (Wildman–Crippen LogP) is -0.221. The topological polar surface area (TPSA) is 76.2 Å². The van der Waals surface area contributed by atoms with Crippen molar-refractivity contribution in [3.8, 4) is 0 Å². The van der Waals surface area contributed by atoms with Crippen LogP contribution < -0.4 is 0 Å². The molecule has 2 fully saturated rings. The van der Waals surface area contributed by atoms with Gasteiger partial charge in [-0.3, -0.25) is 4.79 Å². The molecule has 0 aromatic rings. The second-order valence-corrected chi connectivity index (χ2v) is 8.27. The van der Waals surface area contributed by atoms with Gasteiger partial charge in [-0.05, 0) is 12.8 Å². The van der Waals surface area contributed by atoms with Gasteiger partial charge in [0.25, 0.3) is 0 Å². The van der Waals surface area contributed by atoms with Crippen molar-refractivity contribution in [1.82, 2.24) is 9.21 Å². The normalized spacial score (nSPS) is 26.0. The van der Waals surface area contributed by atoms with E-state index in [4.69, 9.17) is 9.47 Å². The minimum absolute atomic E-state index is 0.103. The van der Waals surface area contributed by atoms with Crippen molar-refractivity contribution in [1.29, 1.82) is 0 Å². The maximum absolute atomic E-state index is 12.6. The maximum atomic E-state index is 12.6. The van der Waals surface area contributed by atoms with E-state index < -0.39 is 10.0 Å². The van der Waals surface area contributed by atoms with Crippen LogP contribution in [0.1, 0.15) is 12.8 Å². The highest BCUT2D eigenvalue weighted by Gasteiger charge is 2.53. The fourth-order valence-electron chi connectivity index (χ4n) is 3.63. The van der Waals surface area contributed by atoms with E-state index in [1.807, 2.05) is 4.90 Å². The van der Waals surface area contributed by atoms with Crippen LogP contribution in [0.4, 0.5) is 0 Å². The molecule has 0 aromatic carbocycles. The molecule has 8 heteroatoms. The number of ether oxygens (including phenoxy) is 2. The molecule has 2 saturated heterocycles. The smallest absolute Gasteiger partial charge is 0.228 e. The number of nitrogens with zero attached hydrogens (tertiary/aromatic N) is 2. The van der Waals surface area contributed by atoms with E-state index in [0.717, 1.165) is 0 Å². The molecule has 7 nitrogen and oxygen atoms in total. The molecular formula is C14H26N2O5S. The molecule has 2 rings (SSSR count). The minimum atomic E-state index is -3.16. The lowest BCUT2D eigenvalue weighted by atomic mass is 9.71. The molecule has 2 heterocycles. The SMILES string of the molecule is COCCN1CC2(CCN(S(C)(=O)=O)CC2)C(COC)C1=O. The number of likely N-dealkylation sites (tertiary alicyclic amines) is 1. The molecule has 0 radical (unpaired) electrons. The summed E-state index contributed by atoms with van der Waals surface area (Å²) in [6.45, 7) is 3.10. The first-order chi connectivity index (χ1) is 10.3. The summed E-state index contributed by atoms with van der Waals surface area (Å²) in [5.74, 6) is -0.0808. The van der Waals surface area contributed by atoms with Gasteiger partial charge < -0.3 is 14.4 Å². The third kappa shape index (κ3) is 3.45. The minimum Gasteiger partial charge on any atom is -0.384 e. The monoisotopic (exact) mass is 334 g/mol.